The lowest BCUT2D eigenvalue weighted by atomic mass is 10.2. The number of hydrogen-bond donors (Lipinski definition) is 1. The van der Waals surface area contributed by atoms with Crippen LogP contribution >= 0.6 is 11.6 Å². The lowest BCUT2D eigenvalue weighted by Gasteiger charge is -2.04. The number of carbonyl (C=O) groups excluding carboxylic acids is 1. The van der Waals surface area contributed by atoms with E-state index < -0.39 is 0 Å². The van der Waals surface area contributed by atoms with Gasteiger partial charge in [-0.3, -0.25) is 4.79 Å². The molecule has 1 aliphatic heterocycles. The van der Waals surface area contributed by atoms with E-state index in [1.165, 1.54) is 0 Å². The largest absolute Gasteiger partial charge is 0.439 e. The number of benzene rings is 1. The predicted octanol–water partition coefficient (Wildman–Crippen LogP) is 1.36. The molecule has 14 heavy (non-hydrogen) atoms. The van der Waals surface area contributed by atoms with Gasteiger partial charge in [0.05, 0.1) is 5.56 Å². The summed E-state index contributed by atoms with van der Waals surface area (Å²) in [6, 6.07) is 6.90. The van der Waals surface area contributed by atoms with E-state index in [4.69, 9.17) is 16.3 Å². The van der Waals surface area contributed by atoms with Crippen molar-refractivity contribution < 1.29 is 9.53 Å². The fourth-order valence-electron chi connectivity index (χ4n) is 1.12. The van der Waals surface area contributed by atoms with Crippen LogP contribution in [0.25, 0.3) is 0 Å². The SMILES string of the molecule is O=C1NN=C(CCl)Oc2ccccc21. The monoisotopic (exact) mass is 210 g/mol. The van der Waals surface area contributed by atoms with Gasteiger partial charge in [0.25, 0.3) is 5.91 Å². The minimum absolute atomic E-state index is 0.120. The van der Waals surface area contributed by atoms with Crippen LogP contribution < -0.4 is 10.2 Å². The summed E-state index contributed by atoms with van der Waals surface area (Å²) in [5, 5.41) is 3.70. The Kier molecular flexibility index (Phi) is 2.37. The molecule has 1 aromatic rings. The van der Waals surface area contributed by atoms with Crippen LogP contribution in [0.3, 0.4) is 0 Å². The first kappa shape index (κ1) is 9.02. The Morgan fingerprint density at radius 2 is 2.21 bits per heavy atom. The molecule has 0 saturated carbocycles. The number of rotatable bonds is 1. The summed E-state index contributed by atoms with van der Waals surface area (Å²) in [4.78, 5) is 11.4. The summed E-state index contributed by atoms with van der Waals surface area (Å²) < 4.78 is 5.31. The summed E-state index contributed by atoms with van der Waals surface area (Å²) in [6.07, 6.45) is 0. The van der Waals surface area contributed by atoms with E-state index in [9.17, 15) is 4.79 Å². The number of nitrogens with zero attached hydrogens (tertiary/aromatic N) is 1. The van der Waals surface area contributed by atoms with Crippen LogP contribution in [0.1, 0.15) is 10.4 Å². The van der Waals surface area contributed by atoms with E-state index in [-0.39, 0.29) is 17.7 Å². The average molecular weight is 211 g/mol. The number of para-hydroxylation sites is 1. The fourth-order valence-corrected chi connectivity index (χ4v) is 1.24. The van der Waals surface area contributed by atoms with Gasteiger partial charge in [-0.15, -0.1) is 16.7 Å². The zero-order chi connectivity index (χ0) is 9.97. The molecule has 1 amide bonds. The maximum atomic E-state index is 11.4. The number of halogens is 1. The molecule has 5 heteroatoms. The lowest BCUT2D eigenvalue weighted by molar-refractivity contribution is 0.0955. The number of alkyl halides is 1. The Hall–Kier alpha value is -1.55. The zero-order valence-electron chi connectivity index (χ0n) is 7.16. The van der Waals surface area contributed by atoms with Gasteiger partial charge in [-0.05, 0) is 12.1 Å². The van der Waals surface area contributed by atoms with Crippen molar-refractivity contribution in [1.82, 2.24) is 5.43 Å². The molecule has 1 aromatic carbocycles. The number of carbonyl (C=O) groups is 1. The summed E-state index contributed by atoms with van der Waals surface area (Å²) in [6.45, 7) is 0. The zero-order valence-corrected chi connectivity index (χ0v) is 7.91. The first-order valence-corrected chi connectivity index (χ1v) is 4.54. The molecule has 0 bridgehead atoms. The normalized spacial score (nSPS) is 14.6. The van der Waals surface area contributed by atoms with Crippen molar-refractivity contribution in [2.45, 2.75) is 0 Å². The van der Waals surface area contributed by atoms with Crippen molar-refractivity contribution in [3.8, 4) is 5.75 Å². The van der Waals surface area contributed by atoms with Gasteiger partial charge in [-0.25, -0.2) is 5.43 Å². The highest BCUT2D eigenvalue weighted by Crippen LogP contribution is 2.19. The molecule has 1 heterocycles. The predicted molar refractivity (Wildman–Crippen MR) is 52.7 cm³/mol. The number of hydrogen-bond acceptors (Lipinski definition) is 3. The topological polar surface area (TPSA) is 50.7 Å². The Morgan fingerprint density at radius 1 is 1.43 bits per heavy atom. The number of nitrogens with one attached hydrogen (secondary N) is 1. The summed E-state index contributed by atoms with van der Waals surface area (Å²) >= 11 is 5.56. The van der Waals surface area contributed by atoms with Gasteiger partial charge in [-0.2, -0.15) is 0 Å². The number of hydrazone groups is 1. The van der Waals surface area contributed by atoms with Crippen molar-refractivity contribution in [2.24, 2.45) is 5.10 Å². The molecule has 2 rings (SSSR count). The highest BCUT2D eigenvalue weighted by atomic mass is 35.5. The first-order valence-electron chi connectivity index (χ1n) is 4.01. The Morgan fingerprint density at radius 3 is 3.00 bits per heavy atom. The quantitative estimate of drug-likeness (QED) is 0.712. The number of amides is 1. The molecule has 1 N–H and O–H groups in total. The molecule has 0 atom stereocenters. The van der Waals surface area contributed by atoms with Gasteiger partial charge in [0.1, 0.15) is 11.6 Å². The molecule has 0 saturated heterocycles. The summed E-state index contributed by atoms with van der Waals surface area (Å²) in [7, 11) is 0. The third-order valence-electron chi connectivity index (χ3n) is 1.76. The van der Waals surface area contributed by atoms with Crippen LogP contribution in [0.5, 0.6) is 5.75 Å². The van der Waals surface area contributed by atoms with E-state index in [0.29, 0.717) is 11.3 Å². The van der Waals surface area contributed by atoms with E-state index in [1.54, 1.807) is 24.3 Å². The van der Waals surface area contributed by atoms with Gasteiger partial charge in [0.15, 0.2) is 0 Å². The van der Waals surface area contributed by atoms with E-state index in [0.717, 1.165) is 0 Å². The molecule has 72 valence electrons. The Labute approximate surface area is 85.5 Å². The van der Waals surface area contributed by atoms with Crippen LogP contribution in [0.15, 0.2) is 29.4 Å². The van der Waals surface area contributed by atoms with Gasteiger partial charge < -0.3 is 4.74 Å². The van der Waals surface area contributed by atoms with E-state index in [1.807, 2.05) is 0 Å². The van der Waals surface area contributed by atoms with E-state index >= 15 is 0 Å². The standard InChI is InChI=1S/C9H7ClN2O2/c10-5-8-11-12-9(13)6-3-1-2-4-7(6)14-8/h1-4H,5H2,(H,12,13). The second-order valence-corrected chi connectivity index (χ2v) is 2.95. The van der Waals surface area contributed by atoms with Crippen molar-refractivity contribution in [3.63, 3.8) is 0 Å². The maximum absolute atomic E-state index is 11.4. The van der Waals surface area contributed by atoms with Crippen molar-refractivity contribution in [3.05, 3.63) is 29.8 Å². The smallest absolute Gasteiger partial charge is 0.275 e. The molecule has 0 radical (unpaired) electrons. The molecule has 4 nitrogen and oxygen atoms in total. The lowest BCUT2D eigenvalue weighted by Crippen LogP contribution is -2.17. The third-order valence-corrected chi connectivity index (χ3v) is 1.98. The molecule has 0 fully saturated rings. The van der Waals surface area contributed by atoms with Gasteiger partial charge in [-0.1, -0.05) is 12.1 Å². The molecule has 0 aliphatic carbocycles. The van der Waals surface area contributed by atoms with Crippen LogP contribution in [-0.2, 0) is 0 Å². The fraction of sp³-hybridized carbons (Fsp3) is 0.111. The van der Waals surface area contributed by atoms with Gasteiger partial charge in [0.2, 0.25) is 5.90 Å². The second-order valence-electron chi connectivity index (χ2n) is 2.68. The highest BCUT2D eigenvalue weighted by Gasteiger charge is 2.17. The highest BCUT2D eigenvalue weighted by molar-refractivity contribution is 6.27. The Bertz CT molecular complexity index is 404. The third kappa shape index (κ3) is 1.56. The first-order chi connectivity index (χ1) is 6.81. The summed E-state index contributed by atoms with van der Waals surface area (Å²) in [5.41, 5.74) is 2.80. The average Bonchev–Trinajstić information content (AvgIpc) is 2.39. The van der Waals surface area contributed by atoms with Gasteiger partial charge in [0, 0.05) is 0 Å². The van der Waals surface area contributed by atoms with Crippen molar-refractivity contribution in [2.75, 3.05) is 5.88 Å². The van der Waals surface area contributed by atoms with Crippen LogP contribution in [-0.4, -0.2) is 17.7 Å². The van der Waals surface area contributed by atoms with Crippen LogP contribution in [0.2, 0.25) is 0 Å². The van der Waals surface area contributed by atoms with Crippen molar-refractivity contribution >= 4 is 23.4 Å². The number of fused-ring (bicyclic) bond motifs is 1. The number of ether oxygens (including phenoxy) is 1. The van der Waals surface area contributed by atoms with Crippen molar-refractivity contribution in [1.29, 1.82) is 0 Å². The van der Waals surface area contributed by atoms with Crippen LogP contribution in [0, 0.1) is 0 Å². The molecule has 0 unspecified atom stereocenters. The molecular weight excluding hydrogens is 204 g/mol. The molecule has 1 aliphatic rings. The molecule has 0 spiro atoms. The minimum atomic E-state index is -0.291. The molecular formula is C9H7ClN2O2. The molecule has 0 aromatic heterocycles. The van der Waals surface area contributed by atoms with Gasteiger partial charge >= 0.3 is 0 Å². The minimum Gasteiger partial charge on any atom is -0.439 e. The van der Waals surface area contributed by atoms with Crippen LogP contribution in [0.4, 0.5) is 0 Å². The maximum Gasteiger partial charge on any atom is 0.275 e. The van der Waals surface area contributed by atoms with E-state index in [2.05, 4.69) is 10.5 Å². The second kappa shape index (κ2) is 3.67. The summed E-state index contributed by atoms with van der Waals surface area (Å²) in [5.74, 6) is 0.585. The Balaban J connectivity index is 2.44.